The molecule has 34 heavy (non-hydrogen) atoms. The van der Waals surface area contributed by atoms with Gasteiger partial charge in [0.15, 0.2) is 17.7 Å². The van der Waals surface area contributed by atoms with Gasteiger partial charge in [0.25, 0.3) is 5.91 Å². The number of rotatable bonds is 6. The number of amides is 1. The van der Waals surface area contributed by atoms with Gasteiger partial charge >= 0.3 is 0 Å². The minimum atomic E-state index is -0.931. The van der Waals surface area contributed by atoms with Crippen molar-refractivity contribution in [3.05, 3.63) is 69.8 Å². The summed E-state index contributed by atoms with van der Waals surface area (Å²) in [6, 6.07) is 14.2. The number of hydrogen-bond donors (Lipinski definition) is 1. The smallest absolute Gasteiger partial charge is 0.266 e. The number of anilines is 1. The zero-order valence-corrected chi connectivity index (χ0v) is 20.0. The Balaban J connectivity index is 1.68. The van der Waals surface area contributed by atoms with Crippen LogP contribution >= 0.6 is 23.2 Å². The molecule has 0 saturated heterocycles. The van der Waals surface area contributed by atoms with Gasteiger partial charge in [0.2, 0.25) is 0 Å². The maximum Gasteiger partial charge on any atom is 0.266 e. The fourth-order valence-electron chi connectivity index (χ4n) is 3.40. The molecule has 8 nitrogen and oxygen atoms in total. The van der Waals surface area contributed by atoms with E-state index in [1.54, 1.807) is 26.2 Å². The van der Waals surface area contributed by atoms with Gasteiger partial charge in [-0.05, 0) is 49.7 Å². The van der Waals surface area contributed by atoms with Crippen molar-refractivity contribution in [1.82, 2.24) is 14.8 Å². The van der Waals surface area contributed by atoms with Crippen LogP contribution < -0.4 is 14.8 Å². The number of hydrogen-bond acceptors (Lipinski definition) is 6. The van der Waals surface area contributed by atoms with E-state index in [-0.39, 0.29) is 16.4 Å². The number of nitrogens with zero attached hydrogens (tertiary/aromatic N) is 4. The molecule has 0 fully saturated rings. The molecule has 0 aliphatic rings. The summed E-state index contributed by atoms with van der Waals surface area (Å²) in [5, 5.41) is 18.2. The van der Waals surface area contributed by atoms with Crippen LogP contribution in [0, 0.1) is 18.3 Å². The van der Waals surface area contributed by atoms with Crippen molar-refractivity contribution >= 4 is 45.8 Å². The van der Waals surface area contributed by atoms with Crippen LogP contribution in [0.4, 0.5) is 5.82 Å². The molecule has 2 aromatic carbocycles. The highest BCUT2D eigenvalue weighted by Crippen LogP contribution is 2.30. The minimum absolute atomic E-state index is 0.171. The van der Waals surface area contributed by atoms with Crippen molar-refractivity contribution < 1.29 is 14.3 Å². The molecule has 0 bridgehead atoms. The lowest BCUT2D eigenvalue weighted by Gasteiger charge is -2.17. The van der Waals surface area contributed by atoms with Crippen molar-refractivity contribution in [2.75, 3.05) is 12.4 Å². The second kappa shape index (κ2) is 9.59. The monoisotopic (exact) mass is 495 g/mol. The van der Waals surface area contributed by atoms with Crippen LogP contribution in [0.15, 0.2) is 48.7 Å². The van der Waals surface area contributed by atoms with Gasteiger partial charge in [0.1, 0.15) is 28.6 Å². The fraction of sp³-hybridized carbons (Fsp3) is 0.167. The van der Waals surface area contributed by atoms with Crippen molar-refractivity contribution in [3.8, 4) is 23.4 Å². The molecule has 1 unspecified atom stereocenters. The minimum Gasteiger partial charge on any atom is -0.494 e. The zero-order valence-electron chi connectivity index (χ0n) is 18.5. The molecular weight excluding hydrogens is 477 g/mol. The molecule has 1 amide bonds. The van der Waals surface area contributed by atoms with Crippen molar-refractivity contribution in [3.63, 3.8) is 0 Å². The molecule has 2 heterocycles. The summed E-state index contributed by atoms with van der Waals surface area (Å²) in [6.45, 7) is 3.50. The molecule has 0 aliphatic carbocycles. The van der Waals surface area contributed by atoms with Gasteiger partial charge in [-0.15, -0.1) is 0 Å². The van der Waals surface area contributed by atoms with Crippen LogP contribution in [0.5, 0.6) is 11.5 Å². The summed E-state index contributed by atoms with van der Waals surface area (Å²) >= 11 is 12.1. The zero-order chi connectivity index (χ0) is 24.4. The Labute approximate surface area is 205 Å². The number of nitrogens with one attached hydrogen (secondary N) is 1. The lowest BCUT2D eigenvalue weighted by molar-refractivity contribution is -0.122. The van der Waals surface area contributed by atoms with Crippen LogP contribution in [-0.2, 0) is 4.79 Å². The van der Waals surface area contributed by atoms with Crippen LogP contribution in [-0.4, -0.2) is 33.9 Å². The van der Waals surface area contributed by atoms with E-state index in [9.17, 15) is 10.1 Å². The molecule has 1 atom stereocenters. The predicted octanol–water partition coefficient (Wildman–Crippen LogP) is 5.32. The Hall–Kier alpha value is -3.80. The highest BCUT2D eigenvalue weighted by atomic mass is 35.5. The summed E-state index contributed by atoms with van der Waals surface area (Å²) in [6.07, 6.45) is 0.431. The Morgan fingerprint density at radius 3 is 2.71 bits per heavy atom. The van der Waals surface area contributed by atoms with Gasteiger partial charge in [-0.25, -0.2) is 4.98 Å². The van der Waals surface area contributed by atoms with Crippen LogP contribution in [0.25, 0.3) is 16.7 Å². The molecule has 4 aromatic rings. The molecule has 2 aromatic heterocycles. The first-order valence-electron chi connectivity index (χ1n) is 10.2. The van der Waals surface area contributed by atoms with Gasteiger partial charge in [-0.1, -0.05) is 35.3 Å². The van der Waals surface area contributed by atoms with E-state index in [2.05, 4.69) is 15.4 Å². The molecule has 0 radical (unpaired) electrons. The predicted molar refractivity (Wildman–Crippen MR) is 130 cm³/mol. The number of halogens is 2. The lowest BCUT2D eigenvalue weighted by atomic mass is 10.1. The number of aromatic nitrogens is 3. The molecule has 0 spiro atoms. The van der Waals surface area contributed by atoms with E-state index in [4.69, 9.17) is 32.7 Å². The highest BCUT2D eigenvalue weighted by molar-refractivity contribution is 6.35. The maximum atomic E-state index is 12.9. The summed E-state index contributed by atoms with van der Waals surface area (Å²) in [7, 11) is 1.57. The first kappa shape index (κ1) is 23.4. The van der Waals surface area contributed by atoms with Gasteiger partial charge in [-0.2, -0.15) is 15.0 Å². The number of benzene rings is 2. The number of nitriles is 1. The maximum absolute atomic E-state index is 12.9. The summed E-state index contributed by atoms with van der Waals surface area (Å²) < 4.78 is 12.5. The summed E-state index contributed by atoms with van der Waals surface area (Å²) in [5.41, 5.74) is 1.74. The van der Waals surface area contributed by atoms with Gasteiger partial charge in [-0.3, -0.25) is 4.79 Å². The van der Waals surface area contributed by atoms with E-state index >= 15 is 0 Å². The number of methoxy groups -OCH3 is 1. The standard InChI is InChI=1S/C24H19Cl2N5O3/c1-13-9-21(29-22-17(13)5-4-6-20(22)33-3)31-23(15(11-27)12-28-31)30-24(32)14(2)34-19-8-7-16(25)10-18(19)26/h4-10,12,14H,1-3H3,(H,30,32). The number of pyridine rings is 1. The number of ether oxygens (including phenoxy) is 2. The van der Waals surface area contributed by atoms with Gasteiger partial charge in [0.05, 0.1) is 18.3 Å². The third-order valence-electron chi connectivity index (χ3n) is 5.13. The van der Waals surface area contributed by atoms with E-state index in [0.717, 1.165) is 10.9 Å². The second-order valence-corrected chi connectivity index (χ2v) is 8.25. The molecule has 10 heteroatoms. The molecule has 1 N–H and O–H groups in total. The quantitative estimate of drug-likeness (QED) is 0.388. The van der Waals surface area contributed by atoms with Crippen LogP contribution in [0.3, 0.4) is 0 Å². The molecule has 0 saturated carbocycles. The first-order chi connectivity index (χ1) is 16.3. The Morgan fingerprint density at radius 2 is 2.00 bits per heavy atom. The average Bonchev–Trinajstić information content (AvgIpc) is 3.22. The molecule has 0 aliphatic heterocycles. The average molecular weight is 496 g/mol. The van der Waals surface area contributed by atoms with Crippen LogP contribution in [0.1, 0.15) is 18.1 Å². The highest BCUT2D eigenvalue weighted by Gasteiger charge is 2.22. The number of carbonyl (C=O) groups excluding carboxylic acids is 1. The number of fused-ring (bicyclic) bond motifs is 1. The third kappa shape index (κ3) is 4.49. The van der Waals surface area contributed by atoms with E-state index in [1.807, 2.05) is 37.3 Å². The first-order valence-corrected chi connectivity index (χ1v) is 10.9. The number of aryl methyl sites for hydroxylation is 1. The summed E-state index contributed by atoms with van der Waals surface area (Å²) in [5.74, 6) is 0.996. The normalized spacial score (nSPS) is 11.6. The fourth-order valence-corrected chi connectivity index (χ4v) is 3.86. The Bertz CT molecular complexity index is 1440. The topological polar surface area (TPSA) is 102 Å². The van der Waals surface area contributed by atoms with Gasteiger partial charge < -0.3 is 14.8 Å². The van der Waals surface area contributed by atoms with E-state index < -0.39 is 12.0 Å². The van der Waals surface area contributed by atoms with E-state index in [1.165, 1.54) is 16.9 Å². The Morgan fingerprint density at radius 1 is 1.21 bits per heavy atom. The number of carbonyl (C=O) groups is 1. The summed E-state index contributed by atoms with van der Waals surface area (Å²) in [4.78, 5) is 17.6. The SMILES string of the molecule is COc1cccc2c(C)cc(-n3ncc(C#N)c3NC(=O)C(C)Oc3ccc(Cl)cc3Cl)nc12. The van der Waals surface area contributed by atoms with Gasteiger partial charge in [0, 0.05) is 10.4 Å². The van der Waals surface area contributed by atoms with E-state index in [0.29, 0.717) is 27.9 Å². The van der Waals surface area contributed by atoms with Crippen LogP contribution in [0.2, 0.25) is 10.0 Å². The second-order valence-electron chi connectivity index (χ2n) is 7.41. The van der Waals surface area contributed by atoms with Crippen molar-refractivity contribution in [1.29, 1.82) is 5.26 Å². The largest absolute Gasteiger partial charge is 0.494 e. The van der Waals surface area contributed by atoms with Crippen molar-refractivity contribution in [2.24, 2.45) is 0 Å². The van der Waals surface area contributed by atoms with Crippen molar-refractivity contribution in [2.45, 2.75) is 20.0 Å². The lowest BCUT2D eigenvalue weighted by Crippen LogP contribution is -2.31. The Kier molecular flexibility index (Phi) is 6.59. The molecule has 4 rings (SSSR count). The molecule has 172 valence electrons. The number of para-hydroxylation sites is 1. The third-order valence-corrected chi connectivity index (χ3v) is 5.66. The molecular formula is C24H19Cl2N5O3.